The van der Waals surface area contributed by atoms with Crippen molar-refractivity contribution in [2.75, 3.05) is 33.5 Å². The number of cyclic esters (lactones) is 3. The first-order valence-corrected chi connectivity index (χ1v) is 30.2. The van der Waals surface area contributed by atoms with Crippen molar-refractivity contribution >= 4 is 59.7 Å². The summed E-state index contributed by atoms with van der Waals surface area (Å²) in [7, 11) is 1.24. The number of methoxy groups -OCH3 is 1. The Balaban J connectivity index is 0.000000120. The highest BCUT2D eigenvalue weighted by Gasteiger charge is 2.72. The van der Waals surface area contributed by atoms with Crippen molar-refractivity contribution in [1.82, 2.24) is 0 Å². The van der Waals surface area contributed by atoms with Gasteiger partial charge in [0.05, 0.1) is 57.4 Å². The van der Waals surface area contributed by atoms with Crippen molar-refractivity contribution < 1.29 is 105 Å². The molecule has 7 aliphatic carbocycles. The van der Waals surface area contributed by atoms with Gasteiger partial charge in [-0.3, -0.25) is 24.0 Å². The molecule has 24 unspecified atom stereocenters. The molecule has 15 fully saturated rings. The molecule has 0 aromatic carbocycles. The summed E-state index contributed by atoms with van der Waals surface area (Å²) in [6, 6.07) is 0. The zero-order valence-electron chi connectivity index (χ0n) is 49.8. The van der Waals surface area contributed by atoms with Crippen LogP contribution in [0.2, 0.25) is 0 Å². The molecule has 0 amide bonds. The molecular formula is C64H80O22. The van der Waals surface area contributed by atoms with Crippen molar-refractivity contribution in [2.24, 2.45) is 88.8 Å². The molecule has 22 heteroatoms. The van der Waals surface area contributed by atoms with E-state index in [0.29, 0.717) is 78.8 Å². The van der Waals surface area contributed by atoms with Crippen molar-refractivity contribution in [3.05, 3.63) is 60.8 Å². The molecule has 8 saturated heterocycles. The minimum absolute atomic E-state index is 0.0417. The fraction of sp³-hybridized carbons (Fsp3) is 0.688. The van der Waals surface area contributed by atoms with E-state index in [2.05, 4.69) is 32.9 Å². The molecule has 22 nitrogen and oxygen atoms in total. The number of hydrogen-bond acceptors (Lipinski definition) is 22. The van der Waals surface area contributed by atoms with Crippen LogP contribution in [0.15, 0.2) is 60.8 Å². The lowest BCUT2D eigenvalue weighted by atomic mass is 9.58. The monoisotopic (exact) mass is 1200 g/mol. The summed E-state index contributed by atoms with van der Waals surface area (Å²) >= 11 is 0. The lowest BCUT2D eigenvalue weighted by molar-refractivity contribution is -0.160. The topological polar surface area (TPSA) is 281 Å². The molecule has 0 radical (unpaired) electrons. The van der Waals surface area contributed by atoms with E-state index in [1.807, 2.05) is 0 Å². The van der Waals surface area contributed by atoms with Crippen molar-refractivity contribution in [1.29, 1.82) is 0 Å². The van der Waals surface area contributed by atoms with Crippen LogP contribution in [0, 0.1) is 88.8 Å². The third-order valence-corrected chi connectivity index (χ3v) is 20.5. The number of carbonyl (C=O) groups is 10. The van der Waals surface area contributed by atoms with Crippen LogP contribution in [0.4, 0.5) is 0 Å². The highest BCUT2D eigenvalue weighted by molar-refractivity contribution is 5.90. The van der Waals surface area contributed by atoms with Crippen molar-refractivity contribution in [3.63, 3.8) is 0 Å². The van der Waals surface area contributed by atoms with Crippen LogP contribution in [0.5, 0.6) is 0 Å². The van der Waals surface area contributed by atoms with Crippen LogP contribution >= 0.6 is 0 Å². The van der Waals surface area contributed by atoms with Gasteiger partial charge in [-0.25, -0.2) is 24.0 Å². The fourth-order valence-corrected chi connectivity index (χ4v) is 16.5. The maximum atomic E-state index is 11.8. The molecule has 0 N–H and O–H groups in total. The number of carbonyl (C=O) groups excluding carboxylic acids is 10. The maximum absolute atomic E-state index is 11.8. The molecule has 24 atom stereocenters. The first-order chi connectivity index (χ1) is 40.8. The molecule has 10 bridgehead atoms. The SMILES string of the molecule is C=C(C)C(=O)OC1C2OC(=O)C3C2OC1C3C(=O)OC.C=C(C)C(=O)OC1CC2CC1C1COC(=O)C21.C=C(C)C(=O)OC1CC2CCC1C1COC(=O)C21.C=C(C)C(=O)OC1CC2OC1C1COC(=O)C21.C=C(C)C(=O)OCC1CC2CCC1C2. The lowest BCUT2D eigenvalue weighted by Gasteiger charge is -2.47. The van der Waals surface area contributed by atoms with Gasteiger partial charge in [0.2, 0.25) is 0 Å². The average Bonchev–Trinajstić information content (AvgIpc) is 1.59. The van der Waals surface area contributed by atoms with Gasteiger partial charge < -0.3 is 56.8 Å². The van der Waals surface area contributed by atoms with Gasteiger partial charge in [-0.1, -0.05) is 39.3 Å². The van der Waals surface area contributed by atoms with Gasteiger partial charge >= 0.3 is 59.7 Å². The lowest BCUT2D eigenvalue weighted by Crippen LogP contribution is -2.49. The molecule has 7 saturated carbocycles. The number of hydrogen-bond donors (Lipinski definition) is 0. The van der Waals surface area contributed by atoms with Gasteiger partial charge in [-0.05, 0) is 116 Å². The molecule has 0 aromatic rings. The summed E-state index contributed by atoms with van der Waals surface area (Å²) in [5.74, 6) is -0.435. The Hall–Kier alpha value is -6.68. The average molecular weight is 1200 g/mol. The standard InChI is InChI=1S/C14H18O4.C13H14O7.C13H16O4.C12H14O5.C12H18O2/c1-7(2)13(15)18-11-5-8-3-4-9(11)10-6-17-14(16)12(8)10;1-4(2)11(14)19-9-7-5(12(15)17-3)6-8(18-7)10(9)20-13(6)16;1-6(2)12(14)17-10-4-7-3-8(10)9-5-16-13(15)11(7)9;1-5(2)11(13)17-8-3-7-9-6(10(8)16-7)4-15-12(9)14;1-8(2)12(13)14-7-11-6-9-3-4-10(11)5-9/h8-12H,1,3-6H2,2H3;5-10H,1H2,2-3H3;7-11H,1,3-5H2,2H3;6-10H,1,3-4H2,2H3;9-11H,1,3-7H2,2H3. The van der Waals surface area contributed by atoms with E-state index in [4.69, 9.17) is 56.8 Å². The van der Waals surface area contributed by atoms with E-state index in [1.165, 1.54) is 39.7 Å². The van der Waals surface area contributed by atoms with Crippen LogP contribution in [0.25, 0.3) is 0 Å². The van der Waals surface area contributed by atoms with Crippen LogP contribution in [0.3, 0.4) is 0 Å². The Kier molecular flexibility index (Phi) is 18.3. The number of esters is 10. The Bertz CT molecular complexity index is 2780. The summed E-state index contributed by atoms with van der Waals surface area (Å²) < 4.78 is 63.2. The Morgan fingerprint density at radius 3 is 1.55 bits per heavy atom. The molecule has 0 aromatic heterocycles. The van der Waals surface area contributed by atoms with Gasteiger partial charge in [-0.2, -0.15) is 0 Å². The third-order valence-electron chi connectivity index (χ3n) is 20.5. The predicted octanol–water partition coefficient (Wildman–Crippen LogP) is 5.56. The number of rotatable bonds is 12. The highest BCUT2D eigenvalue weighted by atomic mass is 16.7. The van der Waals surface area contributed by atoms with Crippen LogP contribution in [0.1, 0.15) is 98.8 Å². The van der Waals surface area contributed by atoms with E-state index in [0.717, 1.165) is 43.9 Å². The second kappa shape index (κ2) is 25.2. The summed E-state index contributed by atoms with van der Waals surface area (Å²) in [6.45, 7) is 27.9. The number of fused-ring (bicyclic) bond motifs is 15. The van der Waals surface area contributed by atoms with Crippen LogP contribution in [-0.2, 0) is 105 Å². The largest absolute Gasteiger partial charge is 0.469 e. The van der Waals surface area contributed by atoms with Crippen LogP contribution < -0.4 is 0 Å². The Morgan fingerprint density at radius 2 is 0.977 bits per heavy atom. The molecule has 15 rings (SSSR count). The van der Waals surface area contributed by atoms with Crippen LogP contribution in [-0.4, -0.2) is 148 Å². The maximum Gasteiger partial charge on any atom is 0.333 e. The van der Waals surface area contributed by atoms with Crippen molar-refractivity contribution in [3.8, 4) is 0 Å². The second-order valence-electron chi connectivity index (χ2n) is 26.1. The molecular weight excluding hydrogens is 1120 g/mol. The molecule has 15 aliphatic rings. The molecule has 8 aliphatic heterocycles. The predicted molar refractivity (Wildman–Crippen MR) is 295 cm³/mol. The van der Waals surface area contributed by atoms with E-state index < -0.39 is 60.1 Å². The molecule has 468 valence electrons. The Labute approximate surface area is 499 Å². The van der Waals surface area contributed by atoms with Gasteiger partial charge in [0, 0.05) is 63.9 Å². The molecule has 8 heterocycles. The summed E-state index contributed by atoms with van der Waals surface area (Å²) in [5.41, 5.74) is 1.98. The minimum Gasteiger partial charge on any atom is -0.469 e. The summed E-state index contributed by atoms with van der Waals surface area (Å²) in [4.78, 5) is 116. The molecule has 0 spiro atoms. The van der Waals surface area contributed by atoms with Gasteiger partial charge in [0.25, 0.3) is 0 Å². The highest BCUT2D eigenvalue weighted by Crippen LogP contribution is 2.57. The van der Waals surface area contributed by atoms with Crippen molar-refractivity contribution in [2.45, 2.75) is 154 Å². The zero-order chi connectivity index (χ0) is 61.9. The van der Waals surface area contributed by atoms with E-state index in [-0.39, 0.29) is 113 Å². The zero-order valence-corrected chi connectivity index (χ0v) is 49.8. The smallest absolute Gasteiger partial charge is 0.333 e. The first kappa shape index (κ1) is 62.4. The van der Waals surface area contributed by atoms with E-state index in [1.54, 1.807) is 27.7 Å². The van der Waals surface area contributed by atoms with Gasteiger partial charge in [-0.15, -0.1) is 0 Å². The fourth-order valence-electron chi connectivity index (χ4n) is 16.5. The van der Waals surface area contributed by atoms with E-state index >= 15 is 0 Å². The van der Waals surface area contributed by atoms with Gasteiger partial charge in [0.1, 0.15) is 48.5 Å². The van der Waals surface area contributed by atoms with E-state index in [9.17, 15) is 47.9 Å². The molecule has 86 heavy (non-hydrogen) atoms. The summed E-state index contributed by atoms with van der Waals surface area (Å²) in [5, 5.41) is 0. The Morgan fingerprint density at radius 1 is 0.453 bits per heavy atom. The normalized spacial score (nSPS) is 40.3. The summed E-state index contributed by atoms with van der Waals surface area (Å²) in [6.07, 6.45) is 7.26. The quantitative estimate of drug-likeness (QED) is 0.131. The second-order valence-corrected chi connectivity index (χ2v) is 26.1. The first-order valence-electron chi connectivity index (χ1n) is 30.2. The van der Waals surface area contributed by atoms with Gasteiger partial charge in [0.15, 0.2) is 12.2 Å². The number of ether oxygens (including phenoxy) is 12. The minimum atomic E-state index is -0.795. The third kappa shape index (κ3) is 12.1.